The molecule has 1 unspecified atom stereocenters. The Morgan fingerprint density at radius 3 is 2.56 bits per heavy atom. The van der Waals surface area contributed by atoms with E-state index >= 15 is 0 Å². The lowest BCUT2D eigenvalue weighted by atomic mass is 10.1. The van der Waals surface area contributed by atoms with Crippen LogP contribution in [-0.2, 0) is 4.79 Å². The standard InChI is InChI=1S/C12H18BrN3OS/c1-9(2)10(13)11(17)15-4-6-16(7-5-15)12-14-3-8-18-12/h3,8-10H,4-7H2,1-2H3. The van der Waals surface area contributed by atoms with Crippen LogP contribution in [0.2, 0.25) is 0 Å². The molecule has 0 bridgehead atoms. The zero-order chi connectivity index (χ0) is 13.1. The molecule has 0 aromatic carbocycles. The molecule has 4 nitrogen and oxygen atoms in total. The van der Waals surface area contributed by atoms with Gasteiger partial charge in [0.05, 0.1) is 4.83 Å². The first-order valence-corrected chi connectivity index (χ1v) is 7.96. The maximum absolute atomic E-state index is 12.2. The molecule has 18 heavy (non-hydrogen) atoms. The molecule has 1 fully saturated rings. The molecule has 1 atom stereocenters. The SMILES string of the molecule is CC(C)C(Br)C(=O)N1CCN(c2nccs2)CC1. The third kappa shape index (κ3) is 3.03. The Bertz CT molecular complexity index is 388. The number of hydrogen-bond acceptors (Lipinski definition) is 4. The van der Waals surface area contributed by atoms with Gasteiger partial charge in [-0.05, 0) is 5.92 Å². The molecule has 0 N–H and O–H groups in total. The first kappa shape index (κ1) is 13.8. The number of carbonyl (C=O) groups is 1. The summed E-state index contributed by atoms with van der Waals surface area (Å²) in [5.41, 5.74) is 0. The van der Waals surface area contributed by atoms with Crippen LogP contribution in [0.25, 0.3) is 0 Å². The molecular formula is C12H18BrN3OS. The molecule has 1 aliphatic heterocycles. The van der Waals surface area contributed by atoms with Gasteiger partial charge in [0, 0.05) is 37.8 Å². The van der Waals surface area contributed by atoms with Gasteiger partial charge in [0.2, 0.25) is 5.91 Å². The highest BCUT2D eigenvalue weighted by Gasteiger charge is 2.27. The van der Waals surface area contributed by atoms with E-state index in [4.69, 9.17) is 0 Å². The van der Waals surface area contributed by atoms with Crippen molar-refractivity contribution in [1.29, 1.82) is 0 Å². The van der Waals surface area contributed by atoms with E-state index in [0.717, 1.165) is 31.3 Å². The second kappa shape index (κ2) is 6.02. The van der Waals surface area contributed by atoms with E-state index in [1.54, 1.807) is 11.3 Å². The molecule has 0 spiro atoms. The Labute approximate surface area is 120 Å². The van der Waals surface area contributed by atoms with Gasteiger partial charge in [-0.1, -0.05) is 29.8 Å². The molecular weight excluding hydrogens is 314 g/mol. The number of amides is 1. The Hall–Kier alpha value is -0.620. The second-order valence-corrected chi connectivity index (χ2v) is 6.63. The topological polar surface area (TPSA) is 36.4 Å². The zero-order valence-electron chi connectivity index (χ0n) is 10.7. The largest absolute Gasteiger partial charge is 0.345 e. The molecule has 6 heteroatoms. The molecule has 2 rings (SSSR count). The predicted molar refractivity (Wildman–Crippen MR) is 78.5 cm³/mol. The highest BCUT2D eigenvalue weighted by molar-refractivity contribution is 9.10. The predicted octanol–water partition coefficient (Wildman–Crippen LogP) is 2.21. The monoisotopic (exact) mass is 331 g/mol. The molecule has 1 saturated heterocycles. The number of aromatic nitrogens is 1. The van der Waals surface area contributed by atoms with Crippen molar-refractivity contribution >= 4 is 38.3 Å². The van der Waals surface area contributed by atoms with Crippen molar-refractivity contribution in [2.24, 2.45) is 5.92 Å². The number of thiazole rings is 1. The average Bonchev–Trinajstić information content (AvgIpc) is 2.91. The van der Waals surface area contributed by atoms with Crippen LogP contribution in [0.4, 0.5) is 5.13 Å². The number of piperazine rings is 1. The van der Waals surface area contributed by atoms with Crippen LogP contribution in [-0.4, -0.2) is 46.8 Å². The van der Waals surface area contributed by atoms with Gasteiger partial charge in [-0.25, -0.2) is 4.98 Å². The highest BCUT2D eigenvalue weighted by atomic mass is 79.9. The number of hydrogen-bond donors (Lipinski definition) is 0. The van der Waals surface area contributed by atoms with Crippen LogP contribution >= 0.6 is 27.3 Å². The fraction of sp³-hybridized carbons (Fsp3) is 0.667. The van der Waals surface area contributed by atoms with Crippen molar-refractivity contribution in [3.05, 3.63) is 11.6 Å². The number of halogens is 1. The smallest absolute Gasteiger partial charge is 0.236 e. The van der Waals surface area contributed by atoms with Crippen molar-refractivity contribution in [1.82, 2.24) is 9.88 Å². The maximum atomic E-state index is 12.2. The van der Waals surface area contributed by atoms with Crippen LogP contribution in [0.3, 0.4) is 0 Å². The minimum atomic E-state index is -0.0658. The number of carbonyl (C=O) groups excluding carboxylic acids is 1. The average molecular weight is 332 g/mol. The van der Waals surface area contributed by atoms with Crippen molar-refractivity contribution in [3.63, 3.8) is 0 Å². The van der Waals surface area contributed by atoms with Crippen LogP contribution in [0.5, 0.6) is 0 Å². The van der Waals surface area contributed by atoms with Gasteiger partial charge in [-0.2, -0.15) is 0 Å². The summed E-state index contributed by atoms with van der Waals surface area (Å²) in [5, 5.41) is 3.04. The van der Waals surface area contributed by atoms with E-state index in [-0.39, 0.29) is 10.7 Å². The highest BCUT2D eigenvalue weighted by Crippen LogP contribution is 2.21. The van der Waals surface area contributed by atoms with E-state index in [2.05, 4.69) is 39.7 Å². The quantitative estimate of drug-likeness (QED) is 0.797. The second-order valence-electron chi connectivity index (χ2n) is 4.77. The maximum Gasteiger partial charge on any atom is 0.236 e. The molecule has 1 aromatic rings. The van der Waals surface area contributed by atoms with E-state index in [0.29, 0.717) is 5.92 Å². The number of anilines is 1. The van der Waals surface area contributed by atoms with E-state index < -0.39 is 0 Å². The fourth-order valence-corrected chi connectivity index (χ4v) is 2.94. The Morgan fingerprint density at radius 2 is 2.06 bits per heavy atom. The summed E-state index contributed by atoms with van der Waals surface area (Å²) >= 11 is 5.13. The first-order chi connectivity index (χ1) is 8.59. The summed E-state index contributed by atoms with van der Waals surface area (Å²) in [5.74, 6) is 0.540. The first-order valence-electron chi connectivity index (χ1n) is 6.17. The van der Waals surface area contributed by atoms with Crippen molar-refractivity contribution in [2.75, 3.05) is 31.1 Å². The molecule has 1 amide bonds. The summed E-state index contributed by atoms with van der Waals surface area (Å²) in [7, 11) is 0. The molecule has 0 radical (unpaired) electrons. The summed E-state index contributed by atoms with van der Waals surface area (Å²) in [6, 6.07) is 0. The lowest BCUT2D eigenvalue weighted by Crippen LogP contribution is -2.51. The zero-order valence-corrected chi connectivity index (χ0v) is 13.1. The van der Waals surface area contributed by atoms with Gasteiger partial charge >= 0.3 is 0 Å². The third-order valence-electron chi connectivity index (χ3n) is 3.10. The molecule has 0 saturated carbocycles. The number of alkyl halides is 1. The van der Waals surface area contributed by atoms with Crippen molar-refractivity contribution in [2.45, 2.75) is 18.7 Å². The summed E-state index contributed by atoms with van der Waals surface area (Å²) < 4.78 is 0. The number of nitrogens with zero attached hydrogens (tertiary/aromatic N) is 3. The van der Waals surface area contributed by atoms with Crippen LogP contribution in [0.15, 0.2) is 11.6 Å². The Kier molecular flexibility index (Phi) is 4.61. The third-order valence-corrected chi connectivity index (χ3v) is 5.38. The molecule has 2 heterocycles. The molecule has 1 aliphatic rings. The normalized spacial score (nSPS) is 18.2. The Balaban J connectivity index is 1.89. The van der Waals surface area contributed by atoms with E-state index in [1.807, 2.05) is 16.5 Å². The molecule has 0 aliphatic carbocycles. The summed E-state index contributed by atoms with van der Waals surface area (Å²) in [4.78, 5) is 20.6. The Morgan fingerprint density at radius 1 is 1.39 bits per heavy atom. The van der Waals surface area contributed by atoms with Crippen LogP contribution < -0.4 is 4.90 Å². The van der Waals surface area contributed by atoms with Crippen molar-refractivity contribution < 1.29 is 4.79 Å². The van der Waals surface area contributed by atoms with Crippen LogP contribution in [0, 0.1) is 5.92 Å². The van der Waals surface area contributed by atoms with E-state index in [9.17, 15) is 4.79 Å². The minimum Gasteiger partial charge on any atom is -0.345 e. The summed E-state index contributed by atoms with van der Waals surface area (Å²) in [6.07, 6.45) is 1.82. The van der Waals surface area contributed by atoms with Gasteiger partial charge in [-0.15, -0.1) is 11.3 Å². The van der Waals surface area contributed by atoms with Crippen LogP contribution in [0.1, 0.15) is 13.8 Å². The van der Waals surface area contributed by atoms with Gasteiger partial charge in [0.1, 0.15) is 0 Å². The fourth-order valence-electron chi connectivity index (χ4n) is 1.95. The lowest BCUT2D eigenvalue weighted by Gasteiger charge is -2.36. The van der Waals surface area contributed by atoms with E-state index in [1.165, 1.54) is 0 Å². The van der Waals surface area contributed by atoms with Gasteiger partial charge < -0.3 is 9.80 Å². The van der Waals surface area contributed by atoms with Gasteiger partial charge in [0.15, 0.2) is 5.13 Å². The molecule has 1 aromatic heterocycles. The molecule has 100 valence electrons. The lowest BCUT2D eigenvalue weighted by molar-refractivity contribution is -0.131. The van der Waals surface area contributed by atoms with Crippen molar-refractivity contribution in [3.8, 4) is 0 Å². The minimum absolute atomic E-state index is 0.0658. The summed E-state index contributed by atoms with van der Waals surface area (Å²) in [6.45, 7) is 7.43. The van der Waals surface area contributed by atoms with Gasteiger partial charge in [0.25, 0.3) is 0 Å². The van der Waals surface area contributed by atoms with Gasteiger partial charge in [-0.3, -0.25) is 4.79 Å². The number of rotatable bonds is 3.